The zero-order valence-electron chi connectivity index (χ0n) is 8.90. The quantitative estimate of drug-likeness (QED) is 0.664. The monoisotopic (exact) mass is 212 g/mol. The molecular weight excluding hydrogens is 196 g/mol. The molecule has 4 nitrogen and oxygen atoms in total. The maximum atomic E-state index is 11.4. The molecular formula is C11H16O4. The van der Waals surface area contributed by atoms with E-state index in [2.05, 4.69) is 0 Å². The second kappa shape index (κ2) is 4.21. The topological polar surface area (TPSA) is 52.6 Å². The number of rotatable bonds is 3. The van der Waals surface area contributed by atoms with Gasteiger partial charge in [-0.05, 0) is 25.7 Å². The van der Waals surface area contributed by atoms with E-state index in [-0.39, 0.29) is 24.0 Å². The lowest BCUT2D eigenvalue weighted by atomic mass is 10.0. The molecule has 4 heteroatoms. The van der Waals surface area contributed by atoms with Crippen LogP contribution in [-0.2, 0) is 19.1 Å². The van der Waals surface area contributed by atoms with Crippen LogP contribution >= 0.6 is 0 Å². The molecule has 1 saturated heterocycles. The van der Waals surface area contributed by atoms with Gasteiger partial charge in [0.1, 0.15) is 6.10 Å². The summed E-state index contributed by atoms with van der Waals surface area (Å²) in [4.78, 5) is 22.7. The molecule has 1 aliphatic heterocycles. The molecule has 3 unspecified atom stereocenters. The largest absolute Gasteiger partial charge is 0.459 e. The first-order chi connectivity index (χ1) is 7.22. The van der Waals surface area contributed by atoms with Gasteiger partial charge in [-0.25, -0.2) is 4.79 Å². The van der Waals surface area contributed by atoms with E-state index in [1.165, 1.54) is 0 Å². The van der Waals surface area contributed by atoms with Crippen molar-refractivity contribution in [3.05, 3.63) is 0 Å². The lowest BCUT2D eigenvalue weighted by Gasteiger charge is -2.13. The van der Waals surface area contributed by atoms with Gasteiger partial charge in [-0.2, -0.15) is 0 Å². The Labute approximate surface area is 88.9 Å². The molecule has 0 N–H and O–H groups in total. The van der Waals surface area contributed by atoms with Crippen LogP contribution in [0.15, 0.2) is 0 Å². The Morgan fingerprint density at radius 2 is 2.33 bits per heavy atom. The van der Waals surface area contributed by atoms with Crippen molar-refractivity contribution < 1.29 is 19.1 Å². The van der Waals surface area contributed by atoms with E-state index in [1.54, 1.807) is 0 Å². The van der Waals surface area contributed by atoms with Gasteiger partial charge in [0.05, 0.1) is 0 Å². The van der Waals surface area contributed by atoms with Crippen molar-refractivity contribution in [3.8, 4) is 0 Å². The second-order valence-corrected chi connectivity index (χ2v) is 4.23. The van der Waals surface area contributed by atoms with E-state index >= 15 is 0 Å². The smallest absolute Gasteiger partial charge is 0.348 e. The number of hydrogen-bond donors (Lipinski definition) is 0. The number of carbonyl (C=O) groups excluding carboxylic acids is 2. The molecule has 2 fully saturated rings. The Morgan fingerprint density at radius 1 is 1.53 bits per heavy atom. The predicted octanol–water partition coefficient (Wildman–Crippen LogP) is 1.42. The Hall–Kier alpha value is -1.06. The third-order valence-electron chi connectivity index (χ3n) is 3.10. The van der Waals surface area contributed by atoms with E-state index < -0.39 is 6.10 Å². The lowest BCUT2D eigenvalue weighted by molar-refractivity contribution is -0.162. The average Bonchev–Trinajstić information content (AvgIpc) is 2.71. The zero-order chi connectivity index (χ0) is 10.8. The fourth-order valence-electron chi connectivity index (χ4n) is 2.38. The molecule has 84 valence electrons. The minimum atomic E-state index is -0.628. The second-order valence-electron chi connectivity index (χ2n) is 4.23. The van der Waals surface area contributed by atoms with Gasteiger partial charge >= 0.3 is 11.9 Å². The van der Waals surface area contributed by atoms with Gasteiger partial charge in [0, 0.05) is 12.3 Å². The van der Waals surface area contributed by atoms with Crippen molar-refractivity contribution in [2.75, 3.05) is 0 Å². The molecule has 0 aromatic carbocycles. The number of carbonyl (C=O) groups is 2. The molecule has 1 aliphatic carbocycles. The van der Waals surface area contributed by atoms with Crippen LogP contribution in [0.3, 0.4) is 0 Å². The molecule has 0 aromatic rings. The Morgan fingerprint density at radius 3 is 3.07 bits per heavy atom. The molecule has 1 heterocycles. The molecule has 2 aliphatic rings. The standard InChI is InChI=1S/C11H16O4/c1-2-4-9(12)15-10-7-5-3-6-8(7)14-11(10)13/h7-8,10H,2-6H2,1H3. The molecule has 2 rings (SSSR count). The minimum Gasteiger partial charge on any atom is -0.459 e. The third-order valence-corrected chi connectivity index (χ3v) is 3.10. The highest BCUT2D eigenvalue weighted by Crippen LogP contribution is 2.38. The summed E-state index contributed by atoms with van der Waals surface area (Å²) in [5, 5.41) is 0. The van der Waals surface area contributed by atoms with E-state index in [0.717, 1.165) is 25.7 Å². The Bertz CT molecular complexity index is 274. The van der Waals surface area contributed by atoms with Gasteiger partial charge in [-0.15, -0.1) is 0 Å². The van der Waals surface area contributed by atoms with Crippen molar-refractivity contribution in [3.63, 3.8) is 0 Å². The summed E-state index contributed by atoms with van der Waals surface area (Å²) < 4.78 is 10.3. The number of hydrogen-bond acceptors (Lipinski definition) is 4. The third kappa shape index (κ3) is 1.98. The maximum absolute atomic E-state index is 11.4. The number of fused-ring (bicyclic) bond motifs is 1. The Kier molecular flexibility index (Phi) is 2.93. The highest BCUT2D eigenvalue weighted by molar-refractivity contribution is 5.81. The van der Waals surface area contributed by atoms with Crippen LogP contribution in [0.4, 0.5) is 0 Å². The first kappa shape index (κ1) is 10.5. The van der Waals surface area contributed by atoms with E-state index in [4.69, 9.17) is 9.47 Å². The molecule has 0 radical (unpaired) electrons. The van der Waals surface area contributed by atoms with Crippen molar-refractivity contribution in [1.82, 2.24) is 0 Å². The van der Waals surface area contributed by atoms with Crippen LogP contribution in [-0.4, -0.2) is 24.1 Å². The van der Waals surface area contributed by atoms with Gasteiger partial charge < -0.3 is 9.47 Å². The number of ether oxygens (including phenoxy) is 2. The highest BCUT2D eigenvalue weighted by Gasteiger charge is 2.49. The Balaban J connectivity index is 1.95. The maximum Gasteiger partial charge on any atom is 0.348 e. The zero-order valence-corrected chi connectivity index (χ0v) is 8.90. The normalized spacial score (nSPS) is 33.7. The van der Waals surface area contributed by atoms with Gasteiger partial charge in [-0.3, -0.25) is 4.79 Å². The summed E-state index contributed by atoms with van der Waals surface area (Å²) in [7, 11) is 0. The first-order valence-electron chi connectivity index (χ1n) is 5.62. The first-order valence-corrected chi connectivity index (χ1v) is 5.62. The van der Waals surface area contributed by atoms with Crippen LogP contribution in [0.25, 0.3) is 0 Å². The SMILES string of the molecule is CCCC(=O)OC1C(=O)OC2CCCC21. The van der Waals surface area contributed by atoms with Gasteiger partial charge in [-0.1, -0.05) is 6.92 Å². The molecule has 0 bridgehead atoms. The van der Waals surface area contributed by atoms with Crippen molar-refractivity contribution in [2.24, 2.45) is 5.92 Å². The molecule has 0 spiro atoms. The highest BCUT2D eigenvalue weighted by atomic mass is 16.6. The lowest BCUT2D eigenvalue weighted by Crippen LogP contribution is -2.28. The van der Waals surface area contributed by atoms with E-state index in [1.807, 2.05) is 6.92 Å². The predicted molar refractivity (Wildman–Crippen MR) is 52.0 cm³/mol. The molecule has 1 saturated carbocycles. The summed E-state index contributed by atoms with van der Waals surface area (Å²) in [6, 6.07) is 0. The van der Waals surface area contributed by atoms with Gasteiger partial charge in [0.25, 0.3) is 0 Å². The summed E-state index contributed by atoms with van der Waals surface area (Å²) in [6.45, 7) is 1.91. The summed E-state index contributed by atoms with van der Waals surface area (Å²) in [5.41, 5.74) is 0. The summed E-state index contributed by atoms with van der Waals surface area (Å²) in [6.07, 6.45) is 3.40. The fourth-order valence-corrected chi connectivity index (χ4v) is 2.38. The van der Waals surface area contributed by atoms with Crippen LogP contribution in [0.1, 0.15) is 39.0 Å². The van der Waals surface area contributed by atoms with Gasteiger partial charge in [0.15, 0.2) is 0 Å². The van der Waals surface area contributed by atoms with E-state index in [0.29, 0.717) is 6.42 Å². The number of esters is 2. The van der Waals surface area contributed by atoms with Crippen LogP contribution in [0.2, 0.25) is 0 Å². The van der Waals surface area contributed by atoms with Crippen LogP contribution in [0.5, 0.6) is 0 Å². The van der Waals surface area contributed by atoms with Crippen molar-refractivity contribution >= 4 is 11.9 Å². The van der Waals surface area contributed by atoms with Crippen molar-refractivity contribution in [1.29, 1.82) is 0 Å². The molecule has 0 aromatic heterocycles. The summed E-state index contributed by atoms with van der Waals surface area (Å²) in [5.74, 6) is -0.528. The van der Waals surface area contributed by atoms with Crippen molar-refractivity contribution in [2.45, 2.75) is 51.2 Å². The minimum absolute atomic E-state index is 0.00285. The van der Waals surface area contributed by atoms with Gasteiger partial charge in [0.2, 0.25) is 6.10 Å². The molecule has 15 heavy (non-hydrogen) atoms. The average molecular weight is 212 g/mol. The van der Waals surface area contributed by atoms with Crippen LogP contribution < -0.4 is 0 Å². The summed E-state index contributed by atoms with van der Waals surface area (Å²) >= 11 is 0. The van der Waals surface area contributed by atoms with Crippen LogP contribution in [0, 0.1) is 5.92 Å². The molecule has 0 amide bonds. The molecule has 3 atom stereocenters. The van der Waals surface area contributed by atoms with E-state index in [9.17, 15) is 9.59 Å². The fraction of sp³-hybridized carbons (Fsp3) is 0.818.